The van der Waals surface area contributed by atoms with Gasteiger partial charge in [-0.2, -0.15) is 0 Å². The molecular formula is C10H9ClO2. The van der Waals surface area contributed by atoms with Crippen LogP contribution < -0.4 is 0 Å². The summed E-state index contributed by atoms with van der Waals surface area (Å²) in [7, 11) is 0. The molecule has 2 nitrogen and oxygen atoms in total. The molecule has 0 bridgehead atoms. The van der Waals surface area contributed by atoms with Crippen LogP contribution in [0.4, 0.5) is 0 Å². The Balaban J connectivity index is 2.42. The lowest BCUT2D eigenvalue weighted by Crippen LogP contribution is -2.26. The van der Waals surface area contributed by atoms with Crippen molar-refractivity contribution in [3.05, 3.63) is 34.3 Å². The smallest absolute Gasteiger partial charge is 0.151 e. The third-order valence-corrected chi connectivity index (χ3v) is 2.61. The molecule has 0 N–H and O–H groups in total. The number of hydrogen-bond acceptors (Lipinski definition) is 2. The molecule has 0 radical (unpaired) electrons. The van der Waals surface area contributed by atoms with Crippen molar-refractivity contribution in [3.63, 3.8) is 0 Å². The van der Waals surface area contributed by atoms with Crippen molar-refractivity contribution in [1.82, 2.24) is 0 Å². The molecule has 0 aromatic heterocycles. The van der Waals surface area contributed by atoms with Crippen molar-refractivity contribution in [1.29, 1.82) is 0 Å². The minimum absolute atomic E-state index is 0.346. The lowest BCUT2D eigenvalue weighted by atomic mass is 9.93. The van der Waals surface area contributed by atoms with Crippen LogP contribution in [-0.4, -0.2) is 19.5 Å². The first kappa shape index (κ1) is 8.73. The zero-order valence-electron chi connectivity index (χ0n) is 7.00. The second-order valence-electron chi connectivity index (χ2n) is 3.09. The maximum Gasteiger partial charge on any atom is 0.151 e. The van der Waals surface area contributed by atoms with E-state index in [2.05, 4.69) is 0 Å². The number of benzene rings is 1. The Labute approximate surface area is 81.5 Å². The molecule has 68 valence electrons. The van der Waals surface area contributed by atoms with Gasteiger partial charge in [-0.3, -0.25) is 4.79 Å². The Hall–Kier alpha value is -0.860. The third-order valence-electron chi connectivity index (χ3n) is 2.28. The van der Waals surface area contributed by atoms with E-state index in [1.54, 1.807) is 6.07 Å². The van der Waals surface area contributed by atoms with E-state index >= 15 is 0 Å². The first-order valence-electron chi connectivity index (χ1n) is 4.14. The van der Waals surface area contributed by atoms with Gasteiger partial charge in [0, 0.05) is 11.5 Å². The van der Waals surface area contributed by atoms with E-state index in [0.29, 0.717) is 29.7 Å². The second-order valence-corrected chi connectivity index (χ2v) is 3.50. The number of aldehydes is 1. The third kappa shape index (κ3) is 1.47. The lowest BCUT2D eigenvalue weighted by molar-refractivity contribution is 0.00823. The summed E-state index contributed by atoms with van der Waals surface area (Å²) in [6, 6.07) is 5.53. The van der Waals surface area contributed by atoms with Crippen molar-refractivity contribution >= 4 is 17.9 Å². The number of halogens is 1. The zero-order chi connectivity index (χ0) is 9.26. The minimum atomic E-state index is 0.346. The van der Waals surface area contributed by atoms with E-state index in [1.807, 2.05) is 12.1 Å². The van der Waals surface area contributed by atoms with E-state index in [-0.39, 0.29) is 0 Å². The van der Waals surface area contributed by atoms with Crippen LogP contribution in [0.25, 0.3) is 0 Å². The Morgan fingerprint density at radius 3 is 2.77 bits per heavy atom. The number of hydrogen-bond donors (Lipinski definition) is 0. The van der Waals surface area contributed by atoms with Gasteiger partial charge < -0.3 is 4.74 Å². The summed E-state index contributed by atoms with van der Waals surface area (Å²) in [5.74, 6) is 0.346. The monoisotopic (exact) mass is 196 g/mol. The standard InChI is InChI=1S/C10H9ClO2/c11-10-3-1-2-8(9(10)4-12)7-5-13-6-7/h1-4,7H,5-6H2. The fraction of sp³-hybridized carbons (Fsp3) is 0.300. The number of carbonyl (C=O) groups is 1. The van der Waals surface area contributed by atoms with Gasteiger partial charge in [0.1, 0.15) is 0 Å². The normalized spacial score (nSPS) is 16.7. The molecule has 1 fully saturated rings. The van der Waals surface area contributed by atoms with Crippen LogP contribution in [0.2, 0.25) is 5.02 Å². The van der Waals surface area contributed by atoms with E-state index < -0.39 is 0 Å². The molecule has 0 unspecified atom stereocenters. The molecule has 13 heavy (non-hydrogen) atoms. The Bertz CT molecular complexity index is 332. The molecule has 1 heterocycles. The highest BCUT2D eigenvalue weighted by Gasteiger charge is 2.23. The van der Waals surface area contributed by atoms with Gasteiger partial charge in [-0.15, -0.1) is 0 Å². The van der Waals surface area contributed by atoms with Gasteiger partial charge in [-0.05, 0) is 11.6 Å². The molecular weight excluding hydrogens is 188 g/mol. The fourth-order valence-corrected chi connectivity index (χ4v) is 1.68. The zero-order valence-corrected chi connectivity index (χ0v) is 7.75. The summed E-state index contributed by atoms with van der Waals surface area (Å²) in [6.45, 7) is 1.39. The molecule has 3 heteroatoms. The highest BCUT2D eigenvalue weighted by Crippen LogP contribution is 2.29. The van der Waals surface area contributed by atoms with Gasteiger partial charge in [-0.25, -0.2) is 0 Å². The van der Waals surface area contributed by atoms with Crippen LogP contribution in [0.5, 0.6) is 0 Å². The van der Waals surface area contributed by atoms with E-state index in [9.17, 15) is 4.79 Å². The number of rotatable bonds is 2. The Morgan fingerprint density at radius 1 is 1.46 bits per heavy atom. The van der Waals surface area contributed by atoms with Gasteiger partial charge in [-0.1, -0.05) is 23.7 Å². The number of carbonyl (C=O) groups excluding carboxylic acids is 1. The van der Waals surface area contributed by atoms with Crippen molar-refractivity contribution in [2.75, 3.05) is 13.2 Å². The van der Waals surface area contributed by atoms with E-state index in [0.717, 1.165) is 11.8 Å². The van der Waals surface area contributed by atoms with Gasteiger partial charge in [0.25, 0.3) is 0 Å². The van der Waals surface area contributed by atoms with Gasteiger partial charge in [0.05, 0.1) is 18.2 Å². The van der Waals surface area contributed by atoms with Crippen molar-refractivity contribution in [2.24, 2.45) is 0 Å². The molecule has 1 aliphatic rings. The molecule has 0 saturated carbocycles. The molecule has 0 amide bonds. The Kier molecular flexibility index (Phi) is 2.34. The van der Waals surface area contributed by atoms with Crippen molar-refractivity contribution in [2.45, 2.75) is 5.92 Å². The predicted molar refractivity (Wildman–Crippen MR) is 50.4 cm³/mol. The molecule has 1 aromatic carbocycles. The van der Waals surface area contributed by atoms with Crippen molar-refractivity contribution < 1.29 is 9.53 Å². The average molecular weight is 197 g/mol. The molecule has 2 rings (SSSR count). The topological polar surface area (TPSA) is 26.3 Å². The summed E-state index contributed by atoms with van der Waals surface area (Å²) < 4.78 is 5.07. The quantitative estimate of drug-likeness (QED) is 0.679. The van der Waals surface area contributed by atoms with Gasteiger partial charge >= 0.3 is 0 Å². The molecule has 1 aromatic rings. The molecule has 1 saturated heterocycles. The van der Waals surface area contributed by atoms with Crippen LogP contribution in [0.15, 0.2) is 18.2 Å². The van der Waals surface area contributed by atoms with Crippen LogP contribution in [0.1, 0.15) is 21.8 Å². The lowest BCUT2D eigenvalue weighted by Gasteiger charge is -2.27. The molecule has 0 spiro atoms. The first-order chi connectivity index (χ1) is 6.33. The molecule has 1 aliphatic heterocycles. The van der Waals surface area contributed by atoms with Crippen LogP contribution in [0, 0.1) is 0 Å². The van der Waals surface area contributed by atoms with E-state index in [1.165, 1.54) is 0 Å². The molecule has 0 aliphatic carbocycles. The summed E-state index contributed by atoms with van der Waals surface area (Å²) in [6.07, 6.45) is 0.815. The maximum atomic E-state index is 10.8. The van der Waals surface area contributed by atoms with Crippen LogP contribution in [-0.2, 0) is 4.74 Å². The van der Waals surface area contributed by atoms with Crippen LogP contribution >= 0.6 is 11.6 Å². The SMILES string of the molecule is O=Cc1c(Cl)cccc1C1COC1. The Morgan fingerprint density at radius 2 is 2.23 bits per heavy atom. The maximum absolute atomic E-state index is 10.8. The summed E-state index contributed by atoms with van der Waals surface area (Å²) in [5, 5.41) is 0.527. The first-order valence-corrected chi connectivity index (χ1v) is 4.52. The van der Waals surface area contributed by atoms with Gasteiger partial charge in [0.2, 0.25) is 0 Å². The summed E-state index contributed by atoms with van der Waals surface area (Å²) in [4.78, 5) is 10.8. The predicted octanol–water partition coefficient (Wildman–Crippen LogP) is 2.27. The summed E-state index contributed by atoms with van der Waals surface area (Å²) >= 11 is 5.88. The van der Waals surface area contributed by atoms with E-state index in [4.69, 9.17) is 16.3 Å². The minimum Gasteiger partial charge on any atom is -0.380 e. The largest absolute Gasteiger partial charge is 0.380 e. The molecule has 0 atom stereocenters. The fourth-order valence-electron chi connectivity index (χ4n) is 1.45. The average Bonchev–Trinajstić information content (AvgIpc) is 2.01. The van der Waals surface area contributed by atoms with Gasteiger partial charge in [0.15, 0.2) is 6.29 Å². The number of ether oxygens (including phenoxy) is 1. The highest BCUT2D eigenvalue weighted by atomic mass is 35.5. The highest BCUT2D eigenvalue weighted by molar-refractivity contribution is 6.33. The van der Waals surface area contributed by atoms with Crippen molar-refractivity contribution in [3.8, 4) is 0 Å². The second kappa shape index (κ2) is 3.48. The van der Waals surface area contributed by atoms with Crippen LogP contribution in [0.3, 0.4) is 0 Å². The summed E-state index contributed by atoms with van der Waals surface area (Å²) in [5.41, 5.74) is 1.62.